The molecule has 0 saturated carbocycles. The molecule has 2 amide bonds. The molecule has 2 atom stereocenters. The maximum Gasteiger partial charge on any atom is 0.330 e. The summed E-state index contributed by atoms with van der Waals surface area (Å²) in [6.07, 6.45) is 3.30. The topological polar surface area (TPSA) is 112 Å². The minimum Gasteiger partial charge on any atom is -0.479 e. The molecule has 0 saturated heterocycles. The lowest BCUT2D eigenvalue weighted by molar-refractivity contribution is -0.148. The molecule has 3 heterocycles. The Hall–Kier alpha value is -3.68. The van der Waals surface area contributed by atoms with Crippen LogP contribution < -0.4 is 5.32 Å². The molecule has 160 valence electrons. The number of rotatable bonds is 6. The third kappa shape index (κ3) is 4.01. The third-order valence-electron chi connectivity index (χ3n) is 5.33. The smallest absolute Gasteiger partial charge is 0.330 e. The van der Waals surface area contributed by atoms with Crippen LogP contribution in [0.5, 0.6) is 0 Å². The lowest BCUT2D eigenvalue weighted by Gasteiger charge is -2.34. The van der Waals surface area contributed by atoms with Crippen LogP contribution in [0.25, 0.3) is 5.57 Å². The molecule has 4 rings (SSSR count). The number of carboxylic acid groups (broad SMARTS) is 1. The van der Waals surface area contributed by atoms with Crippen molar-refractivity contribution in [2.24, 2.45) is 10.9 Å². The molecule has 8 heteroatoms. The number of furan rings is 1. The standard InChI is InChI=1S/C23H23N3O5/c1-13(2)10-17(25-21(27)20-8-5-9-31-20)22(28)26-12-18-15(11-19(26)23(29)30)14-6-3-4-7-16(14)24-18/h3-9,11,13,17,19H,10,12H2,1-2H3,(H,25,27)(H,29,30)/t17-,19-/m0/s1. The summed E-state index contributed by atoms with van der Waals surface area (Å²) in [6, 6.07) is 8.53. The van der Waals surface area contributed by atoms with Gasteiger partial charge in [0.25, 0.3) is 5.91 Å². The highest BCUT2D eigenvalue weighted by molar-refractivity contribution is 6.31. The van der Waals surface area contributed by atoms with Gasteiger partial charge < -0.3 is 19.7 Å². The van der Waals surface area contributed by atoms with Gasteiger partial charge in [0.15, 0.2) is 5.76 Å². The second-order valence-corrected chi connectivity index (χ2v) is 8.04. The lowest BCUT2D eigenvalue weighted by Crippen LogP contribution is -2.56. The molecule has 0 radical (unpaired) electrons. The molecule has 2 N–H and O–H groups in total. The van der Waals surface area contributed by atoms with E-state index in [-0.39, 0.29) is 18.2 Å². The van der Waals surface area contributed by atoms with Crippen molar-refractivity contribution in [2.75, 3.05) is 6.54 Å². The summed E-state index contributed by atoms with van der Waals surface area (Å²) in [5.74, 6) is -1.93. The molecule has 31 heavy (non-hydrogen) atoms. The highest BCUT2D eigenvalue weighted by Gasteiger charge is 2.40. The van der Waals surface area contributed by atoms with Gasteiger partial charge in [-0.05, 0) is 36.6 Å². The van der Waals surface area contributed by atoms with E-state index < -0.39 is 29.9 Å². The van der Waals surface area contributed by atoms with Crippen molar-refractivity contribution in [3.05, 3.63) is 60.1 Å². The van der Waals surface area contributed by atoms with Crippen LogP contribution >= 0.6 is 0 Å². The predicted octanol–water partition coefficient (Wildman–Crippen LogP) is 2.89. The molecule has 0 spiro atoms. The number of aliphatic imine (C=N–C) groups is 1. The fraction of sp³-hybridized carbons (Fsp3) is 0.304. The van der Waals surface area contributed by atoms with E-state index >= 15 is 0 Å². The molecular weight excluding hydrogens is 398 g/mol. The number of carboxylic acids is 1. The summed E-state index contributed by atoms with van der Waals surface area (Å²) in [5.41, 5.74) is 3.01. The maximum absolute atomic E-state index is 13.4. The molecule has 1 aromatic heterocycles. The highest BCUT2D eigenvalue weighted by Crippen LogP contribution is 2.37. The van der Waals surface area contributed by atoms with Gasteiger partial charge >= 0.3 is 5.97 Å². The van der Waals surface area contributed by atoms with Gasteiger partial charge in [0.2, 0.25) is 5.91 Å². The van der Waals surface area contributed by atoms with Crippen molar-refractivity contribution in [3.63, 3.8) is 0 Å². The average Bonchev–Trinajstić information content (AvgIpc) is 3.39. The first-order chi connectivity index (χ1) is 14.8. The molecule has 8 nitrogen and oxygen atoms in total. The number of hydrogen-bond acceptors (Lipinski definition) is 5. The van der Waals surface area contributed by atoms with E-state index in [1.54, 1.807) is 12.1 Å². The van der Waals surface area contributed by atoms with Gasteiger partial charge in [0.1, 0.15) is 12.1 Å². The Morgan fingerprint density at radius 2 is 2.00 bits per heavy atom. The Morgan fingerprint density at radius 3 is 2.68 bits per heavy atom. The number of carbonyl (C=O) groups is 3. The molecule has 2 aromatic rings. The summed E-state index contributed by atoms with van der Waals surface area (Å²) in [6.45, 7) is 3.92. The van der Waals surface area contributed by atoms with Crippen LogP contribution in [0, 0.1) is 5.92 Å². The second-order valence-electron chi connectivity index (χ2n) is 8.04. The van der Waals surface area contributed by atoms with Crippen LogP contribution in [0.4, 0.5) is 5.69 Å². The summed E-state index contributed by atoms with van der Waals surface area (Å²) >= 11 is 0. The van der Waals surface area contributed by atoms with Crippen molar-refractivity contribution in [1.82, 2.24) is 10.2 Å². The molecule has 0 bridgehead atoms. The van der Waals surface area contributed by atoms with Crippen LogP contribution in [-0.2, 0) is 9.59 Å². The lowest BCUT2D eigenvalue weighted by atomic mass is 9.94. The number of aliphatic carboxylic acids is 1. The van der Waals surface area contributed by atoms with E-state index in [0.717, 1.165) is 16.8 Å². The third-order valence-corrected chi connectivity index (χ3v) is 5.33. The number of amides is 2. The van der Waals surface area contributed by atoms with E-state index in [0.29, 0.717) is 12.1 Å². The Morgan fingerprint density at radius 1 is 1.23 bits per heavy atom. The highest BCUT2D eigenvalue weighted by atomic mass is 16.4. The number of nitrogens with zero attached hydrogens (tertiary/aromatic N) is 2. The van der Waals surface area contributed by atoms with Gasteiger partial charge in [-0.1, -0.05) is 32.0 Å². The zero-order valence-electron chi connectivity index (χ0n) is 17.2. The molecule has 0 aliphatic carbocycles. The number of fused-ring (bicyclic) bond motifs is 3. The molecular formula is C23H23N3O5. The second kappa shape index (κ2) is 8.22. The van der Waals surface area contributed by atoms with Gasteiger partial charge in [-0.15, -0.1) is 0 Å². The molecule has 1 aromatic carbocycles. The molecule has 0 unspecified atom stereocenters. The fourth-order valence-corrected chi connectivity index (χ4v) is 3.92. The quantitative estimate of drug-likeness (QED) is 0.745. The van der Waals surface area contributed by atoms with E-state index in [1.807, 2.05) is 38.1 Å². The van der Waals surface area contributed by atoms with Crippen molar-refractivity contribution in [1.29, 1.82) is 0 Å². The van der Waals surface area contributed by atoms with Crippen LogP contribution in [0.15, 0.2) is 58.1 Å². The van der Waals surface area contributed by atoms with E-state index in [2.05, 4.69) is 10.3 Å². The Balaban J connectivity index is 1.63. The van der Waals surface area contributed by atoms with Crippen molar-refractivity contribution >= 4 is 34.8 Å². The van der Waals surface area contributed by atoms with Gasteiger partial charge in [0.05, 0.1) is 24.2 Å². The number of carbonyl (C=O) groups excluding carboxylic acids is 2. The summed E-state index contributed by atoms with van der Waals surface area (Å²) in [7, 11) is 0. The predicted molar refractivity (Wildman–Crippen MR) is 114 cm³/mol. The largest absolute Gasteiger partial charge is 0.479 e. The van der Waals surface area contributed by atoms with Crippen molar-refractivity contribution < 1.29 is 23.9 Å². The summed E-state index contributed by atoms with van der Waals surface area (Å²) in [4.78, 5) is 43.8. The van der Waals surface area contributed by atoms with Crippen LogP contribution in [0.2, 0.25) is 0 Å². The van der Waals surface area contributed by atoms with E-state index in [4.69, 9.17) is 4.42 Å². The van der Waals surface area contributed by atoms with Crippen LogP contribution in [-0.4, -0.2) is 52.1 Å². The zero-order chi connectivity index (χ0) is 22.1. The van der Waals surface area contributed by atoms with Gasteiger partial charge in [0, 0.05) is 11.1 Å². The minimum absolute atomic E-state index is 0.0571. The van der Waals surface area contributed by atoms with Crippen LogP contribution in [0.3, 0.4) is 0 Å². The first-order valence-corrected chi connectivity index (χ1v) is 10.1. The van der Waals surface area contributed by atoms with Crippen LogP contribution in [0.1, 0.15) is 36.4 Å². The first-order valence-electron chi connectivity index (χ1n) is 10.1. The Kier molecular flexibility index (Phi) is 5.46. The van der Waals surface area contributed by atoms with E-state index in [9.17, 15) is 19.5 Å². The summed E-state index contributed by atoms with van der Waals surface area (Å²) in [5, 5.41) is 12.5. The Labute approximate surface area is 179 Å². The molecule has 0 fully saturated rings. The minimum atomic E-state index is -1.15. The normalized spacial score (nSPS) is 18.0. The average molecular weight is 421 g/mol. The number of hydrogen-bond donors (Lipinski definition) is 2. The number of benzene rings is 1. The number of para-hydroxylation sites is 1. The number of nitrogens with one attached hydrogen (secondary N) is 1. The molecule has 2 aliphatic heterocycles. The monoisotopic (exact) mass is 421 g/mol. The van der Waals surface area contributed by atoms with Crippen molar-refractivity contribution in [2.45, 2.75) is 32.4 Å². The maximum atomic E-state index is 13.4. The summed E-state index contributed by atoms with van der Waals surface area (Å²) < 4.78 is 5.12. The van der Waals surface area contributed by atoms with Gasteiger partial charge in [-0.25, -0.2) is 4.79 Å². The SMILES string of the molecule is CC(C)C[C@H](NC(=O)c1ccco1)C(=O)N1CC2=Nc3ccccc3C2=C[C@H]1C(=O)O. The van der Waals surface area contributed by atoms with Gasteiger partial charge in [-0.2, -0.15) is 0 Å². The molecule has 2 aliphatic rings. The van der Waals surface area contributed by atoms with Gasteiger partial charge in [-0.3, -0.25) is 14.6 Å². The van der Waals surface area contributed by atoms with Crippen molar-refractivity contribution in [3.8, 4) is 0 Å². The zero-order valence-corrected chi connectivity index (χ0v) is 17.2. The first kappa shape index (κ1) is 20.6. The Bertz CT molecular complexity index is 1080. The fourth-order valence-electron chi connectivity index (χ4n) is 3.92. The van der Waals surface area contributed by atoms with E-state index in [1.165, 1.54) is 17.2 Å².